The number of aromatic nitrogens is 1. The summed E-state index contributed by atoms with van der Waals surface area (Å²) < 4.78 is 0. The summed E-state index contributed by atoms with van der Waals surface area (Å²) >= 11 is 0. The van der Waals surface area contributed by atoms with Crippen molar-refractivity contribution in [1.29, 1.82) is 0 Å². The number of fused-ring (bicyclic) bond motifs is 2. The Morgan fingerprint density at radius 2 is 1.73 bits per heavy atom. The molecular formula is C19H22N2O. The second-order valence-electron chi connectivity index (χ2n) is 6.46. The summed E-state index contributed by atoms with van der Waals surface area (Å²) in [6.45, 7) is 1.94. The molecule has 2 heterocycles. The smallest absolute Gasteiger partial charge is 0.135 e. The number of hydrogen-bond donors (Lipinski definition) is 2. The van der Waals surface area contributed by atoms with Gasteiger partial charge in [0, 0.05) is 12.1 Å². The van der Waals surface area contributed by atoms with Crippen molar-refractivity contribution in [3.05, 3.63) is 65.0 Å². The lowest BCUT2D eigenvalue weighted by Gasteiger charge is -2.39. The molecule has 1 aliphatic carbocycles. The molecule has 1 aliphatic heterocycles. The highest BCUT2D eigenvalue weighted by Gasteiger charge is 2.45. The molecule has 3 heteroatoms. The maximum atomic E-state index is 11.9. The monoisotopic (exact) mass is 294 g/mol. The first-order valence-corrected chi connectivity index (χ1v) is 8.26. The first kappa shape index (κ1) is 13.9. The van der Waals surface area contributed by atoms with Gasteiger partial charge in [-0.15, -0.1) is 0 Å². The Balaban J connectivity index is 1.94. The van der Waals surface area contributed by atoms with E-state index in [4.69, 9.17) is 0 Å². The van der Waals surface area contributed by atoms with Crippen molar-refractivity contribution in [3.63, 3.8) is 0 Å². The Labute approximate surface area is 131 Å². The Kier molecular flexibility index (Phi) is 3.47. The molecule has 1 unspecified atom stereocenters. The Morgan fingerprint density at radius 3 is 2.59 bits per heavy atom. The number of piperidine rings is 1. The molecular weight excluding hydrogens is 272 g/mol. The summed E-state index contributed by atoms with van der Waals surface area (Å²) in [7, 11) is 0. The van der Waals surface area contributed by atoms with Gasteiger partial charge >= 0.3 is 0 Å². The van der Waals surface area contributed by atoms with Crippen LogP contribution in [0.15, 0.2) is 42.6 Å². The molecule has 0 saturated carbocycles. The van der Waals surface area contributed by atoms with Crippen LogP contribution in [0.1, 0.15) is 35.2 Å². The highest BCUT2D eigenvalue weighted by Crippen LogP contribution is 2.44. The van der Waals surface area contributed by atoms with E-state index in [0.29, 0.717) is 0 Å². The number of aryl methyl sites for hydroxylation is 2. The molecule has 4 rings (SSSR count). The van der Waals surface area contributed by atoms with Crippen LogP contribution in [0.4, 0.5) is 0 Å². The van der Waals surface area contributed by atoms with E-state index in [0.717, 1.165) is 50.0 Å². The van der Waals surface area contributed by atoms with E-state index in [1.807, 2.05) is 18.3 Å². The third-order valence-electron chi connectivity index (χ3n) is 5.27. The number of hydrogen-bond acceptors (Lipinski definition) is 3. The predicted molar refractivity (Wildman–Crippen MR) is 86.7 cm³/mol. The minimum Gasteiger partial charge on any atom is -0.378 e. The lowest BCUT2D eigenvalue weighted by atomic mass is 9.73. The molecule has 22 heavy (non-hydrogen) atoms. The second-order valence-corrected chi connectivity index (χ2v) is 6.46. The van der Waals surface area contributed by atoms with Crippen molar-refractivity contribution in [1.82, 2.24) is 10.3 Å². The van der Waals surface area contributed by atoms with Crippen molar-refractivity contribution >= 4 is 0 Å². The largest absolute Gasteiger partial charge is 0.378 e. The zero-order chi connectivity index (χ0) is 15.0. The standard InChI is InChI=1S/C19H22N2O/c22-19(16-9-12-20-13-10-16)17-6-2-1-4-14(17)7-8-15-5-3-11-21-18(15)19/h1-6,11,16,20,22H,7-10,12-13H2. The second kappa shape index (κ2) is 5.49. The van der Waals surface area contributed by atoms with Gasteiger partial charge in [-0.05, 0) is 61.5 Å². The van der Waals surface area contributed by atoms with Gasteiger partial charge in [0.2, 0.25) is 0 Å². The topological polar surface area (TPSA) is 45.1 Å². The van der Waals surface area contributed by atoms with E-state index in [-0.39, 0.29) is 5.92 Å². The van der Waals surface area contributed by atoms with Gasteiger partial charge in [-0.1, -0.05) is 30.3 Å². The molecule has 2 aromatic rings. The van der Waals surface area contributed by atoms with Gasteiger partial charge in [-0.2, -0.15) is 0 Å². The molecule has 1 saturated heterocycles. The van der Waals surface area contributed by atoms with Crippen LogP contribution in [0.3, 0.4) is 0 Å². The van der Waals surface area contributed by atoms with Gasteiger partial charge < -0.3 is 10.4 Å². The molecule has 0 radical (unpaired) electrons. The van der Waals surface area contributed by atoms with Crippen LogP contribution in [0.2, 0.25) is 0 Å². The molecule has 0 amide bonds. The van der Waals surface area contributed by atoms with E-state index in [1.165, 1.54) is 11.1 Å². The van der Waals surface area contributed by atoms with Crippen molar-refractivity contribution in [3.8, 4) is 0 Å². The van der Waals surface area contributed by atoms with Gasteiger partial charge in [0.25, 0.3) is 0 Å². The first-order valence-electron chi connectivity index (χ1n) is 8.26. The van der Waals surface area contributed by atoms with E-state index in [2.05, 4.69) is 34.6 Å². The molecule has 3 nitrogen and oxygen atoms in total. The van der Waals surface area contributed by atoms with Crippen molar-refractivity contribution in [2.24, 2.45) is 5.92 Å². The zero-order valence-electron chi connectivity index (χ0n) is 12.8. The fourth-order valence-corrected chi connectivity index (χ4v) is 4.14. The first-order chi connectivity index (χ1) is 10.8. The average molecular weight is 294 g/mol. The van der Waals surface area contributed by atoms with Crippen molar-refractivity contribution < 1.29 is 5.11 Å². The van der Waals surface area contributed by atoms with E-state index >= 15 is 0 Å². The van der Waals surface area contributed by atoms with Crippen LogP contribution in [0.25, 0.3) is 0 Å². The zero-order valence-corrected chi connectivity index (χ0v) is 12.8. The molecule has 0 bridgehead atoms. The molecule has 1 fully saturated rings. The van der Waals surface area contributed by atoms with Gasteiger partial charge in [0.15, 0.2) is 0 Å². The highest BCUT2D eigenvalue weighted by atomic mass is 16.3. The summed E-state index contributed by atoms with van der Waals surface area (Å²) in [5.41, 5.74) is 3.46. The summed E-state index contributed by atoms with van der Waals surface area (Å²) in [5.74, 6) is 0.224. The van der Waals surface area contributed by atoms with Crippen LogP contribution in [-0.2, 0) is 18.4 Å². The highest BCUT2D eigenvalue weighted by molar-refractivity contribution is 5.45. The van der Waals surface area contributed by atoms with Crippen LogP contribution >= 0.6 is 0 Å². The minimum atomic E-state index is -0.953. The summed E-state index contributed by atoms with van der Waals surface area (Å²) in [6, 6.07) is 12.5. The van der Waals surface area contributed by atoms with Crippen LogP contribution < -0.4 is 5.32 Å². The van der Waals surface area contributed by atoms with E-state index in [9.17, 15) is 5.11 Å². The van der Waals surface area contributed by atoms with Gasteiger partial charge in [0.1, 0.15) is 5.60 Å². The van der Waals surface area contributed by atoms with Gasteiger partial charge in [0.05, 0.1) is 5.69 Å². The van der Waals surface area contributed by atoms with Gasteiger partial charge in [-0.25, -0.2) is 0 Å². The number of nitrogens with one attached hydrogen (secondary N) is 1. The van der Waals surface area contributed by atoms with E-state index < -0.39 is 5.60 Å². The fourth-order valence-electron chi connectivity index (χ4n) is 4.14. The van der Waals surface area contributed by atoms with Crippen molar-refractivity contribution in [2.45, 2.75) is 31.3 Å². The summed E-state index contributed by atoms with van der Waals surface area (Å²) in [4.78, 5) is 4.64. The maximum Gasteiger partial charge on any atom is 0.135 e. The molecule has 1 aromatic carbocycles. The molecule has 2 N–H and O–H groups in total. The van der Waals surface area contributed by atoms with Crippen LogP contribution in [0, 0.1) is 5.92 Å². The third-order valence-corrected chi connectivity index (χ3v) is 5.27. The Bertz CT molecular complexity index is 629. The number of benzene rings is 1. The number of rotatable bonds is 1. The lowest BCUT2D eigenvalue weighted by molar-refractivity contribution is -0.00194. The van der Waals surface area contributed by atoms with Crippen molar-refractivity contribution in [2.75, 3.05) is 13.1 Å². The quantitative estimate of drug-likeness (QED) is 0.849. The number of pyridine rings is 1. The average Bonchev–Trinajstić information content (AvgIpc) is 2.73. The lowest BCUT2D eigenvalue weighted by Crippen LogP contribution is -2.43. The minimum absolute atomic E-state index is 0.224. The summed E-state index contributed by atoms with van der Waals surface area (Å²) in [6.07, 6.45) is 5.72. The number of aliphatic hydroxyl groups is 1. The van der Waals surface area contributed by atoms with Gasteiger partial charge in [-0.3, -0.25) is 4.98 Å². The molecule has 0 spiro atoms. The molecule has 2 aliphatic rings. The molecule has 1 aromatic heterocycles. The fraction of sp³-hybridized carbons (Fsp3) is 0.421. The SMILES string of the molecule is OC1(C2CCNCC2)c2ccccc2CCc2cccnc21. The third kappa shape index (κ3) is 2.08. The van der Waals surface area contributed by atoms with Crippen LogP contribution in [-0.4, -0.2) is 23.2 Å². The molecule has 114 valence electrons. The summed E-state index contributed by atoms with van der Waals surface area (Å²) in [5, 5.41) is 15.3. The Hall–Kier alpha value is -1.71. The molecule has 1 atom stereocenters. The number of nitrogens with zero attached hydrogens (tertiary/aromatic N) is 1. The maximum absolute atomic E-state index is 11.9. The van der Waals surface area contributed by atoms with Crippen LogP contribution in [0.5, 0.6) is 0 Å². The predicted octanol–water partition coefficient (Wildman–Crippen LogP) is 2.42. The van der Waals surface area contributed by atoms with E-state index in [1.54, 1.807) is 0 Å². The normalized spacial score (nSPS) is 25.1. The Morgan fingerprint density at radius 1 is 1.00 bits per heavy atom.